The normalized spacial score (nSPS) is 16.5. The molecule has 7 heteroatoms. The molecule has 1 amide bonds. The number of hydrogen-bond donors (Lipinski definition) is 1. The van der Waals surface area contributed by atoms with Gasteiger partial charge in [0.25, 0.3) is 0 Å². The van der Waals surface area contributed by atoms with Gasteiger partial charge in [-0.05, 0) is 52.2 Å². The molecule has 1 N–H and O–H groups in total. The fourth-order valence-corrected chi connectivity index (χ4v) is 3.76. The van der Waals surface area contributed by atoms with Gasteiger partial charge in [0.1, 0.15) is 5.75 Å². The third-order valence-corrected chi connectivity index (χ3v) is 5.06. The maximum Gasteiger partial charge on any atom is 0.414 e. The van der Waals surface area contributed by atoms with E-state index in [0.29, 0.717) is 13.2 Å². The number of amides is 1. The first kappa shape index (κ1) is 21.2. The molecule has 0 radical (unpaired) electrons. The van der Waals surface area contributed by atoms with Crippen LogP contribution in [0.5, 0.6) is 5.75 Å². The Morgan fingerprint density at radius 2 is 2.14 bits per heavy atom. The largest absolute Gasteiger partial charge is 0.493 e. The molecule has 29 heavy (non-hydrogen) atoms. The Labute approximate surface area is 172 Å². The monoisotopic (exact) mass is 401 g/mol. The second kappa shape index (κ2) is 8.45. The third-order valence-electron chi connectivity index (χ3n) is 5.06. The quantitative estimate of drug-likeness (QED) is 0.791. The molecule has 2 aromatic rings. The summed E-state index contributed by atoms with van der Waals surface area (Å²) in [5.74, 6) is 0.799. The molecule has 1 aliphatic rings. The molecular weight excluding hydrogens is 370 g/mol. The summed E-state index contributed by atoms with van der Waals surface area (Å²) < 4.78 is 12.9. The first-order chi connectivity index (χ1) is 13.7. The highest BCUT2D eigenvalue weighted by atomic mass is 16.5. The molecule has 0 bridgehead atoms. The van der Waals surface area contributed by atoms with E-state index in [9.17, 15) is 9.90 Å². The lowest BCUT2D eigenvalue weighted by atomic mass is 9.92. The maximum atomic E-state index is 12.4. The van der Waals surface area contributed by atoms with E-state index < -0.39 is 5.60 Å². The fraction of sp³-hybridized carbons (Fsp3) is 0.545. The number of benzene rings is 1. The Morgan fingerprint density at radius 1 is 1.38 bits per heavy atom. The molecule has 0 fully saturated rings. The molecule has 0 saturated heterocycles. The minimum Gasteiger partial charge on any atom is -0.493 e. The Bertz CT molecular complexity index is 869. The summed E-state index contributed by atoms with van der Waals surface area (Å²) in [6.07, 6.45) is 5.90. The van der Waals surface area contributed by atoms with Crippen LogP contribution in [-0.4, -0.2) is 46.3 Å². The molecule has 3 rings (SSSR count). The minimum atomic E-state index is -0.849. The SMILES string of the molecule is CCCOc1c(-c2cnn(CC(C)(C)O)c2)ccc2c1CC[C@H](C)N2C(=O)OC. The summed E-state index contributed by atoms with van der Waals surface area (Å²) >= 11 is 0. The number of ether oxygens (including phenoxy) is 2. The number of aromatic nitrogens is 2. The van der Waals surface area contributed by atoms with Gasteiger partial charge in [0.2, 0.25) is 0 Å². The van der Waals surface area contributed by atoms with Gasteiger partial charge in [0, 0.05) is 28.9 Å². The van der Waals surface area contributed by atoms with E-state index >= 15 is 0 Å². The van der Waals surface area contributed by atoms with Crippen LogP contribution in [0, 0.1) is 0 Å². The van der Waals surface area contributed by atoms with E-state index in [0.717, 1.165) is 47.4 Å². The number of carbonyl (C=O) groups excluding carboxylic acids is 1. The average Bonchev–Trinajstić information content (AvgIpc) is 3.11. The molecule has 0 saturated carbocycles. The van der Waals surface area contributed by atoms with Crippen LogP contribution in [0.2, 0.25) is 0 Å². The van der Waals surface area contributed by atoms with Gasteiger partial charge in [-0.25, -0.2) is 4.79 Å². The van der Waals surface area contributed by atoms with Crippen molar-refractivity contribution >= 4 is 11.8 Å². The molecule has 158 valence electrons. The molecular formula is C22H31N3O4. The first-order valence-corrected chi connectivity index (χ1v) is 10.2. The zero-order valence-corrected chi connectivity index (χ0v) is 17.9. The third kappa shape index (κ3) is 4.56. The van der Waals surface area contributed by atoms with Crippen molar-refractivity contribution in [2.75, 3.05) is 18.6 Å². The number of rotatable bonds is 6. The van der Waals surface area contributed by atoms with E-state index in [2.05, 4.69) is 12.0 Å². The van der Waals surface area contributed by atoms with Crippen LogP contribution >= 0.6 is 0 Å². The highest BCUT2D eigenvalue weighted by molar-refractivity contribution is 5.92. The summed E-state index contributed by atoms with van der Waals surface area (Å²) in [5, 5.41) is 14.5. The van der Waals surface area contributed by atoms with E-state index in [4.69, 9.17) is 9.47 Å². The molecule has 1 aromatic carbocycles. The summed E-state index contributed by atoms with van der Waals surface area (Å²) in [6, 6.07) is 4.00. The van der Waals surface area contributed by atoms with Crippen LogP contribution in [0.3, 0.4) is 0 Å². The van der Waals surface area contributed by atoms with Gasteiger partial charge < -0.3 is 14.6 Å². The first-order valence-electron chi connectivity index (χ1n) is 10.2. The van der Waals surface area contributed by atoms with Crippen molar-refractivity contribution in [1.82, 2.24) is 9.78 Å². The zero-order chi connectivity index (χ0) is 21.2. The highest BCUT2D eigenvalue weighted by Crippen LogP contribution is 2.43. The average molecular weight is 402 g/mol. The second-order valence-corrected chi connectivity index (χ2v) is 8.26. The fourth-order valence-electron chi connectivity index (χ4n) is 3.76. The van der Waals surface area contributed by atoms with Gasteiger partial charge in [-0.15, -0.1) is 0 Å². The van der Waals surface area contributed by atoms with E-state index in [1.165, 1.54) is 7.11 Å². The van der Waals surface area contributed by atoms with E-state index in [1.54, 1.807) is 29.6 Å². The van der Waals surface area contributed by atoms with Crippen molar-refractivity contribution in [3.8, 4) is 16.9 Å². The van der Waals surface area contributed by atoms with Crippen molar-refractivity contribution in [3.05, 3.63) is 30.1 Å². The molecule has 1 atom stereocenters. The van der Waals surface area contributed by atoms with Crippen LogP contribution in [0.15, 0.2) is 24.5 Å². The van der Waals surface area contributed by atoms with Gasteiger partial charge in [-0.3, -0.25) is 9.58 Å². The molecule has 0 aliphatic carbocycles. The molecule has 1 aliphatic heterocycles. The predicted molar refractivity (Wildman–Crippen MR) is 112 cm³/mol. The van der Waals surface area contributed by atoms with Crippen LogP contribution in [0.1, 0.15) is 46.1 Å². The lowest BCUT2D eigenvalue weighted by molar-refractivity contribution is 0.0577. The number of aliphatic hydroxyl groups is 1. The van der Waals surface area contributed by atoms with Crippen LogP contribution in [-0.2, 0) is 17.7 Å². The van der Waals surface area contributed by atoms with Crippen molar-refractivity contribution < 1.29 is 19.4 Å². The topological polar surface area (TPSA) is 76.8 Å². The Kier molecular flexibility index (Phi) is 6.17. The van der Waals surface area contributed by atoms with Gasteiger partial charge in [0.15, 0.2) is 0 Å². The number of nitrogens with zero attached hydrogens (tertiary/aromatic N) is 3. The highest BCUT2D eigenvalue weighted by Gasteiger charge is 2.32. The van der Waals surface area contributed by atoms with Gasteiger partial charge in [0.05, 0.1) is 37.7 Å². The molecule has 1 aromatic heterocycles. The van der Waals surface area contributed by atoms with Gasteiger partial charge in [-0.2, -0.15) is 5.10 Å². The number of carbonyl (C=O) groups is 1. The molecule has 0 unspecified atom stereocenters. The Balaban J connectivity index is 2.06. The van der Waals surface area contributed by atoms with Crippen molar-refractivity contribution in [2.24, 2.45) is 0 Å². The predicted octanol–water partition coefficient (Wildman–Crippen LogP) is 4.02. The maximum absolute atomic E-state index is 12.4. The summed E-state index contributed by atoms with van der Waals surface area (Å²) in [5.41, 5.74) is 2.88. The minimum absolute atomic E-state index is 0.0642. The smallest absolute Gasteiger partial charge is 0.414 e. The Hall–Kier alpha value is -2.54. The van der Waals surface area contributed by atoms with Crippen LogP contribution in [0.4, 0.5) is 10.5 Å². The molecule has 7 nitrogen and oxygen atoms in total. The number of hydrogen-bond acceptors (Lipinski definition) is 5. The number of methoxy groups -OCH3 is 1. The van der Waals surface area contributed by atoms with E-state index in [1.807, 2.05) is 25.3 Å². The summed E-state index contributed by atoms with van der Waals surface area (Å²) in [6.45, 7) is 8.60. The van der Waals surface area contributed by atoms with Crippen molar-refractivity contribution in [2.45, 2.75) is 65.1 Å². The molecule has 0 spiro atoms. The Morgan fingerprint density at radius 3 is 2.79 bits per heavy atom. The van der Waals surface area contributed by atoms with Gasteiger partial charge in [-0.1, -0.05) is 6.92 Å². The lowest BCUT2D eigenvalue weighted by Gasteiger charge is -2.35. The van der Waals surface area contributed by atoms with Crippen molar-refractivity contribution in [1.29, 1.82) is 0 Å². The van der Waals surface area contributed by atoms with Crippen LogP contribution in [0.25, 0.3) is 11.1 Å². The number of fused-ring (bicyclic) bond motifs is 1. The molecule has 2 heterocycles. The summed E-state index contributed by atoms with van der Waals surface area (Å²) in [7, 11) is 1.41. The van der Waals surface area contributed by atoms with Gasteiger partial charge >= 0.3 is 6.09 Å². The van der Waals surface area contributed by atoms with E-state index in [-0.39, 0.29) is 12.1 Å². The van der Waals surface area contributed by atoms with Crippen LogP contribution < -0.4 is 9.64 Å². The lowest BCUT2D eigenvalue weighted by Crippen LogP contribution is -2.42. The zero-order valence-electron chi connectivity index (χ0n) is 17.9. The summed E-state index contributed by atoms with van der Waals surface area (Å²) in [4.78, 5) is 14.1. The van der Waals surface area contributed by atoms with Crippen molar-refractivity contribution in [3.63, 3.8) is 0 Å². The number of anilines is 1. The standard InChI is InChI=1S/C22H31N3O4/c1-6-11-29-20-17(16-12-23-24(13-16)14-22(3,4)27)9-10-19-18(20)8-7-15(2)25(19)21(26)28-5/h9-10,12-13,15,27H,6-8,11,14H2,1-5H3/t15-/m0/s1. The second-order valence-electron chi connectivity index (χ2n) is 8.26.